The highest BCUT2D eigenvalue weighted by molar-refractivity contribution is 6.33. The SMILES string of the molecule is Cc1cn(-c2ccc3c(c2)CC(N2CCc4nc(-c5ccccc5Cl)n(C)c4C2)CC3)cn1. The van der Waals surface area contributed by atoms with Crippen molar-refractivity contribution in [1.29, 1.82) is 0 Å². The van der Waals surface area contributed by atoms with E-state index in [4.69, 9.17) is 16.6 Å². The highest BCUT2D eigenvalue weighted by atomic mass is 35.5. The van der Waals surface area contributed by atoms with Crippen LogP contribution >= 0.6 is 11.6 Å². The molecule has 0 spiro atoms. The number of benzene rings is 2. The molecule has 0 N–H and O–H groups in total. The molecular formula is C27H28ClN5. The summed E-state index contributed by atoms with van der Waals surface area (Å²) in [5.41, 5.74) is 8.77. The van der Waals surface area contributed by atoms with Crippen molar-refractivity contribution >= 4 is 11.6 Å². The van der Waals surface area contributed by atoms with E-state index in [9.17, 15) is 0 Å². The molecule has 3 heterocycles. The van der Waals surface area contributed by atoms with Crippen LogP contribution in [0.1, 0.15) is 34.6 Å². The van der Waals surface area contributed by atoms with Crippen LogP contribution in [0.5, 0.6) is 0 Å². The van der Waals surface area contributed by atoms with Crippen LogP contribution in [0.4, 0.5) is 0 Å². The number of imidazole rings is 2. The van der Waals surface area contributed by atoms with E-state index in [-0.39, 0.29) is 0 Å². The van der Waals surface area contributed by atoms with Crippen LogP contribution in [0.15, 0.2) is 55.0 Å². The van der Waals surface area contributed by atoms with Gasteiger partial charge in [0.05, 0.1) is 28.4 Å². The topological polar surface area (TPSA) is 38.9 Å². The van der Waals surface area contributed by atoms with Crippen LogP contribution in [-0.2, 0) is 32.9 Å². The zero-order valence-electron chi connectivity index (χ0n) is 19.1. The molecule has 2 aliphatic rings. The highest BCUT2D eigenvalue weighted by Crippen LogP contribution is 2.33. The van der Waals surface area contributed by atoms with Crippen molar-refractivity contribution in [2.45, 2.75) is 45.2 Å². The van der Waals surface area contributed by atoms with Crippen LogP contribution in [0.25, 0.3) is 17.1 Å². The third-order valence-corrected chi connectivity index (χ3v) is 7.65. The molecule has 168 valence electrons. The number of rotatable bonds is 3. The maximum Gasteiger partial charge on any atom is 0.141 e. The lowest BCUT2D eigenvalue weighted by molar-refractivity contribution is 0.159. The van der Waals surface area contributed by atoms with Gasteiger partial charge in [0, 0.05) is 50.0 Å². The first-order valence-corrected chi connectivity index (χ1v) is 12.1. The van der Waals surface area contributed by atoms with Gasteiger partial charge in [0.25, 0.3) is 0 Å². The number of hydrogen-bond acceptors (Lipinski definition) is 3. The van der Waals surface area contributed by atoms with Gasteiger partial charge >= 0.3 is 0 Å². The second-order valence-electron chi connectivity index (χ2n) is 9.36. The van der Waals surface area contributed by atoms with Gasteiger partial charge in [0.2, 0.25) is 0 Å². The number of aromatic nitrogens is 4. The van der Waals surface area contributed by atoms with Crippen LogP contribution in [-0.4, -0.2) is 36.6 Å². The Balaban J connectivity index is 1.25. The largest absolute Gasteiger partial charge is 0.330 e. The first-order valence-electron chi connectivity index (χ1n) is 11.7. The molecule has 1 atom stereocenters. The molecule has 6 heteroatoms. The Hall–Kier alpha value is -2.89. The molecule has 4 aromatic rings. The minimum atomic E-state index is 0.559. The van der Waals surface area contributed by atoms with E-state index >= 15 is 0 Å². The third kappa shape index (κ3) is 3.69. The zero-order chi connectivity index (χ0) is 22.5. The molecule has 1 unspecified atom stereocenters. The van der Waals surface area contributed by atoms with Crippen molar-refractivity contribution in [2.75, 3.05) is 6.54 Å². The van der Waals surface area contributed by atoms with E-state index in [0.29, 0.717) is 6.04 Å². The Morgan fingerprint density at radius 3 is 2.76 bits per heavy atom. The molecule has 0 fully saturated rings. The quantitative estimate of drug-likeness (QED) is 0.427. The van der Waals surface area contributed by atoms with E-state index < -0.39 is 0 Å². The second kappa shape index (κ2) is 8.15. The fourth-order valence-corrected chi connectivity index (χ4v) is 5.68. The Morgan fingerprint density at radius 2 is 1.94 bits per heavy atom. The Morgan fingerprint density at radius 1 is 1.06 bits per heavy atom. The average Bonchev–Trinajstić information content (AvgIpc) is 3.41. The molecule has 2 aromatic heterocycles. The minimum absolute atomic E-state index is 0.559. The Bertz CT molecular complexity index is 1330. The van der Waals surface area contributed by atoms with Crippen molar-refractivity contribution in [3.63, 3.8) is 0 Å². The molecule has 0 bridgehead atoms. The lowest BCUT2D eigenvalue weighted by Crippen LogP contribution is -2.42. The smallest absolute Gasteiger partial charge is 0.141 e. The molecule has 6 rings (SSSR count). The summed E-state index contributed by atoms with van der Waals surface area (Å²) in [6, 6.07) is 15.4. The molecular weight excluding hydrogens is 430 g/mol. The first-order chi connectivity index (χ1) is 16.1. The number of nitrogens with zero attached hydrogens (tertiary/aromatic N) is 5. The minimum Gasteiger partial charge on any atom is -0.330 e. The molecule has 0 amide bonds. The standard InChI is InChI=1S/C27H28ClN5/c1-18-15-33(17-29-18)22-10-8-19-7-9-21(13-20(19)14-22)32-12-11-25-26(16-32)31(2)27(30-25)23-5-3-4-6-24(23)28/h3-6,8,10,14-15,17,21H,7,9,11-13,16H2,1-2H3. The van der Waals surface area contributed by atoms with Crippen LogP contribution < -0.4 is 0 Å². The first kappa shape index (κ1) is 20.7. The van der Waals surface area contributed by atoms with Crippen LogP contribution in [0, 0.1) is 6.92 Å². The summed E-state index contributed by atoms with van der Waals surface area (Å²) in [4.78, 5) is 12.0. The van der Waals surface area contributed by atoms with Gasteiger partial charge in [-0.05, 0) is 61.6 Å². The van der Waals surface area contributed by atoms with E-state index in [1.165, 1.54) is 34.6 Å². The fraction of sp³-hybridized carbons (Fsp3) is 0.333. The number of aryl methyl sites for hydroxylation is 2. The predicted molar refractivity (Wildman–Crippen MR) is 132 cm³/mol. The summed E-state index contributed by atoms with van der Waals surface area (Å²) in [5.74, 6) is 0.974. The molecule has 1 aliphatic heterocycles. The normalized spacial score (nSPS) is 18.2. The van der Waals surface area contributed by atoms with Gasteiger partial charge in [-0.3, -0.25) is 4.90 Å². The second-order valence-corrected chi connectivity index (χ2v) is 9.77. The van der Waals surface area contributed by atoms with Gasteiger partial charge in [-0.1, -0.05) is 29.8 Å². The predicted octanol–water partition coefficient (Wildman–Crippen LogP) is 5.15. The summed E-state index contributed by atoms with van der Waals surface area (Å²) in [7, 11) is 2.13. The van der Waals surface area contributed by atoms with Crippen LogP contribution in [0.3, 0.4) is 0 Å². The summed E-state index contributed by atoms with van der Waals surface area (Å²) >= 11 is 6.48. The maximum atomic E-state index is 6.48. The van der Waals surface area contributed by atoms with Crippen molar-refractivity contribution in [3.05, 3.63) is 88.2 Å². The number of halogens is 1. The number of fused-ring (bicyclic) bond motifs is 2. The lowest BCUT2D eigenvalue weighted by Gasteiger charge is -2.37. The van der Waals surface area contributed by atoms with Crippen molar-refractivity contribution < 1.29 is 0 Å². The van der Waals surface area contributed by atoms with Crippen LogP contribution in [0.2, 0.25) is 5.02 Å². The molecule has 33 heavy (non-hydrogen) atoms. The summed E-state index contributed by atoms with van der Waals surface area (Å²) < 4.78 is 4.37. The number of hydrogen-bond donors (Lipinski definition) is 0. The Labute approximate surface area is 199 Å². The van der Waals surface area contributed by atoms with Gasteiger partial charge < -0.3 is 9.13 Å². The van der Waals surface area contributed by atoms with Gasteiger partial charge in [-0.2, -0.15) is 0 Å². The van der Waals surface area contributed by atoms with Gasteiger partial charge in [0.15, 0.2) is 0 Å². The third-order valence-electron chi connectivity index (χ3n) is 7.32. The fourth-order valence-electron chi connectivity index (χ4n) is 5.46. The van der Waals surface area contributed by atoms with Crippen molar-refractivity contribution in [1.82, 2.24) is 24.0 Å². The summed E-state index contributed by atoms with van der Waals surface area (Å²) in [6.07, 6.45) is 8.44. The molecule has 0 saturated heterocycles. The van der Waals surface area contributed by atoms with Crippen molar-refractivity contribution in [2.24, 2.45) is 7.05 Å². The van der Waals surface area contributed by atoms with Gasteiger partial charge in [-0.15, -0.1) is 0 Å². The Kier molecular flexibility index (Phi) is 5.11. The summed E-state index contributed by atoms with van der Waals surface area (Å²) in [6.45, 7) is 4.04. The highest BCUT2D eigenvalue weighted by Gasteiger charge is 2.30. The van der Waals surface area contributed by atoms with Gasteiger partial charge in [0.1, 0.15) is 5.82 Å². The van der Waals surface area contributed by atoms with Crippen molar-refractivity contribution in [3.8, 4) is 17.1 Å². The zero-order valence-corrected chi connectivity index (χ0v) is 19.9. The summed E-state index contributed by atoms with van der Waals surface area (Å²) in [5, 5.41) is 0.757. The van der Waals surface area contributed by atoms with Gasteiger partial charge in [-0.25, -0.2) is 9.97 Å². The lowest BCUT2D eigenvalue weighted by atomic mass is 9.86. The molecule has 0 radical (unpaired) electrons. The van der Waals surface area contributed by atoms with E-state index in [2.05, 4.69) is 56.5 Å². The molecule has 1 aliphatic carbocycles. The monoisotopic (exact) mass is 457 g/mol. The van der Waals surface area contributed by atoms with E-state index in [1.54, 1.807) is 0 Å². The molecule has 2 aromatic carbocycles. The maximum absolute atomic E-state index is 6.48. The average molecular weight is 458 g/mol. The molecule has 5 nitrogen and oxygen atoms in total. The molecule has 0 saturated carbocycles. The van der Waals surface area contributed by atoms with E-state index in [0.717, 1.165) is 54.5 Å². The van der Waals surface area contributed by atoms with E-state index in [1.807, 2.05) is 31.5 Å².